The molecule has 2 bridgehead atoms. The number of hydrazine groups is 1. The van der Waals surface area contributed by atoms with E-state index < -0.39 is 6.03 Å². The van der Waals surface area contributed by atoms with Crippen LogP contribution >= 0.6 is 0 Å². The summed E-state index contributed by atoms with van der Waals surface area (Å²) in [4.78, 5) is 38.5. The van der Waals surface area contributed by atoms with Crippen molar-refractivity contribution in [3.05, 3.63) is 11.6 Å². The van der Waals surface area contributed by atoms with Crippen LogP contribution in [0.2, 0.25) is 0 Å². The fraction of sp³-hybridized carbons (Fsp3) is 0.762. The third-order valence-electron chi connectivity index (χ3n) is 7.32. The average Bonchev–Trinajstić information content (AvgIpc) is 2.89. The molecule has 1 heterocycles. The molecule has 2 saturated carbocycles. The van der Waals surface area contributed by atoms with Crippen molar-refractivity contribution in [2.24, 2.45) is 35.5 Å². The van der Waals surface area contributed by atoms with Crippen LogP contribution in [0.25, 0.3) is 0 Å². The Labute approximate surface area is 161 Å². The second-order valence-electron chi connectivity index (χ2n) is 9.22. The molecular formula is C21H31N3O3. The maximum absolute atomic E-state index is 13.1. The van der Waals surface area contributed by atoms with Gasteiger partial charge in [-0.25, -0.2) is 10.2 Å². The van der Waals surface area contributed by atoms with E-state index in [2.05, 4.69) is 37.6 Å². The zero-order valence-corrected chi connectivity index (χ0v) is 16.5. The van der Waals surface area contributed by atoms with Gasteiger partial charge in [-0.1, -0.05) is 44.8 Å². The minimum atomic E-state index is -0.431. The Balaban J connectivity index is 1.49. The largest absolute Gasteiger partial charge is 0.334 e. The fourth-order valence-electron chi connectivity index (χ4n) is 5.92. The van der Waals surface area contributed by atoms with Crippen molar-refractivity contribution in [1.29, 1.82) is 0 Å². The molecular weight excluding hydrogens is 342 g/mol. The van der Waals surface area contributed by atoms with Crippen molar-refractivity contribution < 1.29 is 14.4 Å². The molecule has 5 rings (SSSR count). The molecule has 148 valence electrons. The van der Waals surface area contributed by atoms with Gasteiger partial charge in [-0.2, -0.15) is 5.01 Å². The summed E-state index contributed by atoms with van der Waals surface area (Å²) in [6, 6.07) is -0.293. The molecule has 3 fully saturated rings. The molecule has 0 spiro atoms. The summed E-state index contributed by atoms with van der Waals surface area (Å²) in [6.07, 6.45) is 8.54. The molecule has 0 aromatic rings. The number of hydrogen-bond donors (Lipinski definition) is 2. The van der Waals surface area contributed by atoms with Crippen LogP contribution in [-0.2, 0) is 9.59 Å². The van der Waals surface area contributed by atoms with Crippen molar-refractivity contribution in [1.82, 2.24) is 15.8 Å². The first-order chi connectivity index (χ1) is 12.9. The van der Waals surface area contributed by atoms with E-state index >= 15 is 0 Å². The molecule has 1 aliphatic heterocycles. The monoisotopic (exact) mass is 373 g/mol. The molecule has 1 saturated heterocycles. The molecule has 4 amide bonds. The van der Waals surface area contributed by atoms with Crippen LogP contribution in [0, 0.1) is 35.5 Å². The first-order valence-corrected chi connectivity index (χ1v) is 10.5. The van der Waals surface area contributed by atoms with Gasteiger partial charge in [0.2, 0.25) is 0 Å². The number of amides is 4. The molecule has 0 aromatic carbocycles. The predicted molar refractivity (Wildman–Crippen MR) is 101 cm³/mol. The Bertz CT molecular complexity index is 680. The summed E-state index contributed by atoms with van der Waals surface area (Å²) >= 11 is 0. The smallest absolute Gasteiger partial charge is 0.334 e. The van der Waals surface area contributed by atoms with Crippen molar-refractivity contribution in [2.45, 2.75) is 65.3 Å². The van der Waals surface area contributed by atoms with Crippen molar-refractivity contribution >= 4 is 17.8 Å². The van der Waals surface area contributed by atoms with Crippen LogP contribution in [0.4, 0.5) is 4.79 Å². The summed E-state index contributed by atoms with van der Waals surface area (Å²) < 4.78 is 0. The third-order valence-corrected chi connectivity index (χ3v) is 7.32. The maximum Gasteiger partial charge on any atom is 0.334 e. The first-order valence-electron chi connectivity index (χ1n) is 10.5. The summed E-state index contributed by atoms with van der Waals surface area (Å²) in [6.45, 7) is 6.46. The summed E-state index contributed by atoms with van der Waals surface area (Å²) in [5.41, 5.74) is 3.80. The van der Waals surface area contributed by atoms with Crippen LogP contribution in [0.5, 0.6) is 0 Å². The van der Waals surface area contributed by atoms with Gasteiger partial charge in [0.15, 0.2) is 0 Å². The summed E-state index contributed by atoms with van der Waals surface area (Å²) in [5, 5.41) is 3.95. The second-order valence-corrected chi connectivity index (χ2v) is 9.22. The molecule has 4 aliphatic carbocycles. The summed E-state index contributed by atoms with van der Waals surface area (Å²) in [5.74, 6) is 0.0397. The van der Waals surface area contributed by atoms with Crippen LogP contribution < -0.4 is 10.7 Å². The highest BCUT2D eigenvalue weighted by atomic mass is 16.2. The van der Waals surface area contributed by atoms with Gasteiger partial charge in [0.1, 0.15) is 0 Å². The predicted octanol–water partition coefficient (Wildman–Crippen LogP) is 3.00. The number of imide groups is 1. The maximum atomic E-state index is 13.1. The molecule has 27 heavy (non-hydrogen) atoms. The number of rotatable bonds is 3. The van der Waals surface area contributed by atoms with Crippen LogP contribution in [0.15, 0.2) is 11.6 Å². The Kier molecular flexibility index (Phi) is 4.77. The number of nitrogens with one attached hydrogen (secondary N) is 2. The third kappa shape index (κ3) is 3.07. The fourth-order valence-corrected chi connectivity index (χ4v) is 5.92. The van der Waals surface area contributed by atoms with E-state index in [1.165, 1.54) is 12.0 Å². The SMILES string of the molecule is CC1=C[C@@H]2[C@@H]3C(=O)N(NC(=O)NC4CCCCC4)C(=O)[C@@H]3[C@H]1C[C@@H]2C(C)C. The lowest BCUT2D eigenvalue weighted by molar-refractivity contribution is -0.142. The van der Waals surface area contributed by atoms with E-state index in [9.17, 15) is 14.4 Å². The highest BCUT2D eigenvalue weighted by Crippen LogP contribution is 2.56. The number of allylic oxidation sites excluding steroid dienone is 2. The zero-order chi connectivity index (χ0) is 19.3. The van der Waals surface area contributed by atoms with Gasteiger partial charge in [0.25, 0.3) is 11.8 Å². The number of fused-ring (bicyclic) bond motifs is 1. The van der Waals surface area contributed by atoms with E-state index in [0.29, 0.717) is 11.8 Å². The Hall–Kier alpha value is -1.85. The van der Waals surface area contributed by atoms with Crippen LogP contribution in [0.1, 0.15) is 59.3 Å². The highest BCUT2D eigenvalue weighted by Gasteiger charge is 2.61. The van der Waals surface area contributed by atoms with Crippen molar-refractivity contribution in [3.63, 3.8) is 0 Å². The first kappa shape index (κ1) is 18.5. The second kappa shape index (κ2) is 6.95. The molecule has 0 radical (unpaired) electrons. The van der Waals surface area contributed by atoms with Gasteiger partial charge in [-0.15, -0.1) is 0 Å². The minimum Gasteiger partial charge on any atom is -0.334 e. The minimum absolute atomic E-state index is 0.102. The quantitative estimate of drug-likeness (QED) is 0.590. The Morgan fingerprint density at radius 3 is 2.44 bits per heavy atom. The average molecular weight is 373 g/mol. The standard InChI is InChI=1S/C21H31N3O3/c1-11(2)14-10-15-12(3)9-16(14)18-17(15)19(25)24(20(18)26)23-21(27)22-13-7-5-4-6-8-13/h9,11,13-18H,4-8,10H2,1-3H3,(H2,22,23,27)/t14-,15+,16+,17-,18+/m1/s1. The van der Waals surface area contributed by atoms with E-state index in [-0.39, 0.29) is 41.5 Å². The van der Waals surface area contributed by atoms with E-state index in [0.717, 1.165) is 37.1 Å². The van der Waals surface area contributed by atoms with E-state index in [4.69, 9.17) is 0 Å². The topological polar surface area (TPSA) is 78.5 Å². The molecule has 5 atom stereocenters. The highest BCUT2D eigenvalue weighted by molar-refractivity contribution is 6.07. The molecule has 6 nitrogen and oxygen atoms in total. The zero-order valence-electron chi connectivity index (χ0n) is 16.5. The van der Waals surface area contributed by atoms with Crippen LogP contribution in [0.3, 0.4) is 0 Å². The lowest BCUT2D eigenvalue weighted by atomic mass is 9.54. The summed E-state index contributed by atoms with van der Waals surface area (Å²) in [7, 11) is 0. The number of carbonyl (C=O) groups excluding carboxylic acids is 3. The number of hydrogen-bond acceptors (Lipinski definition) is 3. The van der Waals surface area contributed by atoms with Crippen LogP contribution in [-0.4, -0.2) is 28.9 Å². The van der Waals surface area contributed by atoms with Gasteiger partial charge in [-0.3, -0.25) is 9.59 Å². The van der Waals surface area contributed by atoms with Gasteiger partial charge >= 0.3 is 6.03 Å². The van der Waals surface area contributed by atoms with Gasteiger partial charge < -0.3 is 5.32 Å². The molecule has 0 aromatic heterocycles. The lowest BCUT2D eigenvalue weighted by Gasteiger charge is -2.48. The van der Waals surface area contributed by atoms with Gasteiger partial charge in [-0.05, 0) is 49.9 Å². The number of nitrogens with zero attached hydrogens (tertiary/aromatic N) is 1. The number of urea groups is 1. The van der Waals surface area contributed by atoms with Crippen molar-refractivity contribution in [3.8, 4) is 0 Å². The van der Waals surface area contributed by atoms with Gasteiger partial charge in [0.05, 0.1) is 11.8 Å². The molecule has 6 heteroatoms. The number of carbonyl (C=O) groups is 3. The lowest BCUT2D eigenvalue weighted by Crippen LogP contribution is -2.53. The molecule has 5 aliphatic rings. The molecule has 0 unspecified atom stereocenters. The molecule has 2 N–H and O–H groups in total. The van der Waals surface area contributed by atoms with Crippen molar-refractivity contribution in [2.75, 3.05) is 0 Å². The van der Waals surface area contributed by atoms with E-state index in [1.807, 2.05) is 0 Å². The normalized spacial score (nSPS) is 36.1. The Morgan fingerprint density at radius 2 is 1.78 bits per heavy atom. The Morgan fingerprint density at radius 1 is 1.11 bits per heavy atom. The van der Waals surface area contributed by atoms with E-state index in [1.54, 1.807) is 0 Å². The van der Waals surface area contributed by atoms with Gasteiger partial charge in [0, 0.05) is 6.04 Å².